The number of aromatic nitrogens is 2. The second-order valence-corrected chi connectivity index (χ2v) is 9.05. The molecule has 2 heterocycles. The van der Waals surface area contributed by atoms with Crippen LogP contribution in [0.5, 0.6) is 0 Å². The number of benzene rings is 1. The Hall–Kier alpha value is -3.25. The highest BCUT2D eigenvalue weighted by Gasteiger charge is 2.19. The van der Waals surface area contributed by atoms with Gasteiger partial charge in [-0.3, -0.25) is 4.99 Å². The van der Waals surface area contributed by atoms with E-state index in [0.29, 0.717) is 5.82 Å². The van der Waals surface area contributed by atoms with Gasteiger partial charge < -0.3 is 15.1 Å². The van der Waals surface area contributed by atoms with E-state index in [1.54, 1.807) is 7.05 Å². The van der Waals surface area contributed by atoms with Crippen LogP contribution in [0.15, 0.2) is 60.4 Å². The monoisotopic (exact) mass is 458 g/mol. The molecule has 2 aromatic rings. The molecule has 0 saturated carbocycles. The number of allylic oxidation sites excluding steroid dienone is 4. The molecule has 0 aliphatic carbocycles. The van der Waals surface area contributed by atoms with E-state index in [4.69, 9.17) is 9.97 Å². The van der Waals surface area contributed by atoms with E-state index in [2.05, 4.69) is 53.2 Å². The van der Waals surface area contributed by atoms with Crippen LogP contribution in [-0.2, 0) is 0 Å². The maximum Gasteiger partial charge on any atom is 0.161 e. The van der Waals surface area contributed by atoms with Crippen LogP contribution in [-0.4, -0.2) is 73.8 Å². The van der Waals surface area contributed by atoms with Crippen LogP contribution in [0.25, 0.3) is 22.5 Å². The Balaban J connectivity index is 1.92. The number of anilines is 1. The van der Waals surface area contributed by atoms with E-state index in [1.807, 2.05) is 56.5 Å². The molecule has 1 aromatic heterocycles. The van der Waals surface area contributed by atoms with Crippen LogP contribution in [0.4, 0.5) is 5.82 Å². The highest BCUT2D eigenvalue weighted by Crippen LogP contribution is 2.27. The van der Waals surface area contributed by atoms with Crippen molar-refractivity contribution >= 4 is 23.2 Å². The fraction of sp³-hybridized carbons (Fsp3) is 0.393. The van der Waals surface area contributed by atoms with Crippen LogP contribution < -0.4 is 5.32 Å². The average Bonchev–Trinajstić information content (AvgIpc) is 3.26. The third-order valence-electron chi connectivity index (χ3n) is 6.08. The highest BCUT2D eigenvalue weighted by atomic mass is 15.1. The van der Waals surface area contributed by atoms with Crippen LogP contribution in [0.2, 0.25) is 0 Å². The van der Waals surface area contributed by atoms with Crippen molar-refractivity contribution in [2.24, 2.45) is 10.9 Å². The molecular formula is C28H38N6. The largest absolute Gasteiger partial charge is 0.383 e. The summed E-state index contributed by atoms with van der Waals surface area (Å²) in [5, 5.41) is 3.61. The number of likely N-dealkylation sites (tertiary alicyclic amines) is 1. The first-order valence-corrected chi connectivity index (χ1v) is 11.9. The number of nitrogens with zero attached hydrogens (tertiary/aromatic N) is 5. The van der Waals surface area contributed by atoms with Crippen LogP contribution in [0.1, 0.15) is 30.9 Å². The van der Waals surface area contributed by atoms with Crippen molar-refractivity contribution in [3.8, 4) is 11.4 Å². The van der Waals surface area contributed by atoms with Gasteiger partial charge >= 0.3 is 0 Å². The molecule has 1 saturated heterocycles. The second kappa shape index (κ2) is 12.3. The molecule has 3 rings (SSSR count). The maximum absolute atomic E-state index is 4.97. The van der Waals surface area contributed by atoms with Crippen molar-refractivity contribution in [3.05, 3.63) is 66.5 Å². The van der Waals surface area contributed by atoms with Gasteiger partial charge in [0.1, 0.15) is 5.82 Å². The predicted molar refractivity (Wildman–Crippen MR) is 146 cm³/mol. The van der Waals surface area contributed by atoms with Crippen molar-refractivity contribution in [1.29, 1.82) is 0 Å². The summed E-state index contributed by atoms with van der Waals surface area (Å²) in [6.45, 7) is 9.24. The molecule has 0 amide bonds. The molecule has 0 spiro atoms. The highest BCUT2D eigenvalue weighted by molar-refractivity contribution is 6.11. The lowest BCUT2D eigenvalue weighted by atomic mass is 10.0. The molecule has 180 valence electrons. The smallest absolute Gasteiger partial charge is 0.161 e. The normalized spacial score (nSPS) is 17.4. The summed E-state index contributed by atoms with van der Waals surface area (Å²) in [6.07, 6.45) is 12.1. The summed E-state index contributed by atoms with van der Waals surface area (Å²) in [5.74, 6) is 2.28. The van der Waals surface area contributed by atoms with Gasteiger partial charge in [0.2, 0.25) is 0 Å². The Morgan fingerprint density at radius 3 is 2.79 bits per heavy atom. The minimum absolute atomic E-state index is 0.700. The molecule has 0 bridgehead atoms. The third kappa shape index (κ3) is 6.64. The molecule has 1 aliphatic heterocycles. The van der Waals surface area contributed by atoms with Gasteiger partial charge in [0.05, 0.1) is 0 Å². The lowest BCUT2D eigenvalue weighted by molar-refractivity contribution is 0.390. The maximum atomic E-state index is 4.97. The number of hydrogen-bond acceptors (Lipinski definition) is 6. The van der Waals surface area contributed by atoms with Gasteiger partial charge in [-0.1, -0.05) is 36.9 Å². The topological polar surface area (TPSA) is 56.7 Å². The zero-order chi connectivity index (χ0) is 24.5. The summed E-state index contributed by atoms with van der Waals surface area (Å²) >= 11 is 0. The molecule has 1 aliphatic rings. The molecule has 1 N–H and O–H groups in total. The summed E-state index contributed by atoms with van der Waals surface area (Å²) in [5.41, 5.74) is 5.09. The van der Waals surface area contributed by atoms with Crippen molar-refractivity contribution in [2.75, 3.05) is 53.1 Å². The van der Waals surface area contributed by atoms with Crippen LogP contribution >= 0.6 is 0 Å². The molecule has 6 heteroatoms. The summed E-state index contributed by atoms with van der Waals surface area (Å²) in [4.78, 5) is 18.3. The van der Waals surface area contributed by atoms with E-state index in [9.17, 15) is 0 Å². The van der Waals surface area contributed by atoms with Crippen molar-refractivity contribution in [3.63, 3.8) is 0 Å². The molecule has 1 aromatic carbocycles. The van der Waals surface area contributed by atoms with Crippen molar-refractivity contribution < 1.29 is 0 Å². The van der Waals surface area contributed by atoms with Gasteiger partial charge in [-0.25, -0.2) is 9.97 Å². The Kier molecular flexibility index (Phi) is 9.16. The van der Waals surface area contributed by atoms with Crippen molar-refractivity contribution in [1.82, 2.24) is 19.8 Å². The van der Waals surface area contributed by atoms with Gasteiger partial charge in [-0.2, -0.15) is 0 Å². The third-order valence-corrected chi connectivity index (χ3v) is 6.08. The van der Waals surface area contributed by atoms with Crippen LogP contribution in [0, 0.1) is 5.92 Å². The predicted octanol–water partition coefficient (Wildman–Crippen LogP) is 5.09. The molecule has 1 atom stereocenters. The van der Waals surface area contributed by atoms with Gasteiger partial charge in [0, 0.05) is 69.5 Å². The van der Waals surface area contributed by atoms with E-state index >= 15 is 0 Å². The molecule has 1 fully saturated rings. The Morgan fingerprint density at radius 1 is 1.32 bits per heavy atom. The summed E-state index contributed by atoms with van der Waals surface area (Å²) in [6, 6.07) is 8.30. The molecule has 1 unspecified atom stereocenters. The minimum atomic E-state index is 0.700. The quantitative estimate of drug-likeness (QED) is 0.397. The van der Waals surface area contributed by atoms with E-state index in [0.717, 1.165) is 52.5 Å². The first-order valence-electron chi connectivity index (χ1n) is 11.9. The summed E-state index contributed by atoms with van der Waals surface area (Å²) in [7, 11) is 8.00. The minimum Gasteiger partial charge on any atom is -0.383 e. The standard InChI is InChI=1S/C28H38N6/c1-7-22(17-29-3)26-18-31-27(32-28(26)30-14-12-21-13-15-34(6)19-21)25-11-9-10-24(16-25)23(8-2)20-33(4)5/h7-11,16-18,20-21H,2,12-15,19H2,1,3-6H3,(H,30,31,32)/b22-7+,23-20+,29-17-. The first kappa shape index (κ1) is 25.4. The van der Waals surface area contributed by atoms with Gasteiger partial charge in [0.15, 0.2) is 5.82 Å². The van der Waals surface area contributed by atoms with E-state index in [1.165, 1.54) is 19.5 Å². The lowest BCUT2D eigenvalue weighted by Crippen LogP contribution is -2.16. The first-order chi connectivity index (χ1) is 16.4. The number of aliphatic imine (C=N–C) groups is 1. The number of hydrogen-bond donors (Lipinski definition) is 1. The van der Waals surface area contributed by atoms with Crippen molar-refractivity contribution in [2.45, 2.75) is 19.8 Å². The fourth-order valence-corrected chi connectivity index (χ4v) is 4.32. The van der Waals surface area contributed by atoms with E-state index in [-0.39, 0.29) is 0 Å². The molecule has 34 heavy (non-hydrogen) atoms. The second-order valence-electron chi connectivity index (χ2n) is 9.05. The van der Waals surface area contributed by atoms with Gasteiger partial charge in [-0.05, 0) is 56.5 Å². The Bertz CT molecular complexity index is 1070. The fourth-order valence-electron chi connectivity index (χ4n) is 4.32. The zero-order valence-electron chi connectivity index (χ0n) is 21.3. The Labute approximate surface area is 204 Å². The number of rotatable bonds is 10. The zero-order valence-corrected chi connectivity index (χ0v) is 21.3. The summed E-state index contributed by atoms with van der Waals surface area (Å²) < 4.78 is 0. The molecular weight excluding hydrogens is 420 g/mol. The molecule has 6 nitrogen and oxygen atoms in total. The van der Waals surface area contributed by atoms with E-state index < -0.39 is 0 Å². The van der Waals surface area contributed by atoms with Gasteiger partial charge in [0.25, 0.3) is 0 Å². The van der Waals surface area contributed by atoms with Crippen LogP contribution in [0.3, 0.4) is 0 Å². The van der Waals surface area contributed by atoms with Gasteiger partial charge in [-0.15, -0.1) is 0 Å². The Morgan fingerprint density at radius 2 is 2.15 bits per heavy atom. The SMILES string of the molecule is C=C/C(=C\N(C)C)c1cccc(-c2ncc(C(/C=N\C)=C/C)c(NCCC3CCN(C)C3)n2)c1. The molecule has 0 radical (unpaired) electrons. The lowest BCUT2D eigenvalue weighted by Gasteiger charge is -2.15. The number of nitrogens with one attached hydrogen (secondary N) is 1. The average molecular weight is 459 g/mol.